The van der Waals surface area contributed by atoms with Gasteiger partial charge in [-0.05, 0) is 24.7 Å². The Labute approximate surface area is 119 Å². The number of nitrogens with two attached hydrogens (primary N) is 1. The molecule has 0 bridgehead atoms. The van der Waals surface area contributed by atoms with Crippen LogP contribution in [0.2, 0.25) is 0 Å². The third-order valence-electron chi connectivity index (χ3n) is 3.28. The van der Waals surface area contributed by atoms with E-state index in [2.05, 4.69) is 18.9 Å². The van der Waals surface area contributed by atoms with Gasteiger partial charge in [0.15, 0.2) is 6.61 Å². The summed E-state index contributed by atoms with van der Waals surface area (Å²) in [6.07, 6.45) is 0. The van der Waals surface area contributed by atoms with E-state index in [1.807, 2.05) is 24.3 Å². The van der Waals surface area contributed by atoms with Gasteiger partial charge < -0.3 is 20.1 Å². The van der Waals surface area contributed by atoms with Crippen LogP contribution in [0.4, 0.5) is 0 Å². The van der Waals surface area contributed by atoms with Crippen LogP contribution >= 0.6 is 0 Å². The quantitative estimate of drug-likeness (QED) is 0.808. The lowest BCUT2D eigenvalue weighted by atomic mass is 9.88. The maximum Gasteiger partial charge on any atom is 0.255 e. The largest absolute Gasteiger partial charge is 0.484 e. The maximum atomic E-state index is 10.7. The Morgan fingerprint density at radius 3 is 2.85 bits per heavy atom. The van der Waals surface area contributed by atoms with Crippen LogP contribution in [0.15, 0.2) is 24.3 Å². The fourth-order valence-corrected chi connectivity index (χ4v) is 2.45. The molecule has 1 heterocycles. The summed E-state index contributed by atoms with van der Waals surface area (Å²) in [7, 11) is 2.10. The van der Waals surface area contributed by atoms with Crippen molar-refractivity contribution in [3.8, 4) is 5.75 Å². The second kappa shape index (κ2) is 6.24. The van der Waals surface area contributed by atoms with Crippen molar-refractivity contribution in [2.24, 2.45) is 11.1 Å². The predicted molar refractivity (Wildman–Crippen MR) is 76.4 cm³/mol. The Hall–Kier alpha value is -1.59. The Morgan fingerprint density at radius 1 is 1.50 bits per heavy atom. The molecule has 110 valence electrons. The summed E-state index contributed by atoms with van der Waals surface area (Å²) >= 11 is 0. The Bertz CT molecular complexity index is 472. The number of hydrogen-bond donors (Lipinski definition) is 1. The fraction of sp³-hybridized carbons (Fsp3) is 0.533. The van der Waals surface area contributed by atoms with Crippen LogP contribution in [0.25, 0.3) is 0 Å². The van der Waals surface area contributed by atoms with Crippen molar-refractivity contribution in [2.45, 2.75) is 13.5 Å². The highest BCUT2D eigenvalue weighted by Gasteiger charge is 2.34. The zero-order valence-electron chi connectivity index (χ0n) is 12.1. The summed E-state index contributed by atoms with van der Waals surface area (Å²) in [6, 6.07) is 7.74. The van der Waals surface area contributed by atoms with Gasteiger partial charge in [-0.1, -0.05) is 19.1 Å². The Morgan fingerprint density at radius 2 is 2.25 bits per heavy atom. The number of rotatable bonds is 7. The van der Waals surface area contributed by atoms with Gasteiger partial charge in [-0.2, -0.15) is 0 Å². The molecule has 0 aliphatic carbocycles. The van der Waals surface area contributed by atoms with E-state index < -0.39 is 5.91 Å². The van der Waals surface area contributed by atoms with E-state index in [1.165, 1.54) is 0 Å². The van der Waals surface area contributed by atoms with Gasteiger partial charge in [-0.3, -0.25) is 4.79 Å². The number of carbonyl (C=O) groups is 1. The van der Waals surface area contributed by atoms with Crippen LogP contribution in [-0.4, -0.2) is 44.2 Å². The third-order valence-corrected chi connectivity index (χ3v) is 3.28. The van der Waals surface area contributed by atoms with Crippen molar-refractivity contribution < 1.29 is 14.3 Å². The highest BCUT2D eigenvalue weighted by molar-refractivity contribution is 5.75. The van der Waals surface area contributed by atoms with Gasteiger partial charge in [0.25, 0.3) is 5.91 Å². The predicted octanol–water partition coefficient (Wildman–Crippen LogP) is 1.02. The van der Waals surface area contributed by atoms with Crippen molar-refractivity contribution in [3.63, 3.8) is 0 Å². The molecule has 1 aliphatic heterocycles. The highest BCUT2D eigenvalue weighted by atomic mass is 16.5. The number of ether oxygens (including phenoxy) is 2. The molecule has 5 heteroatoms. The van der Waals surface area contributed by atoms with E-state index in [0.29, 0.717) is 5.75 Å². The fourth-order valence-electron chi connectivity index (χ4n) is 2.45. The molecule has 0 unspecified atom stereocenters. The molecule has 1 amide bonds. The Balaban J connectivity index is 1.88. The molecule has 1 aromatic rings. The van der Waals surface area contributed by atoms with E-state index in [4.69, 9.17) is 15.2 Å². The molecule has 1 saturated heterocycles. The maximum absolute atomic E-state index is 10.7. The zero-order valence-corrected chi connectivity index (χ0v) is 12.1. The third kappa shape index (κ3) is 4.21. The minimum Gasteiger partial charge on any atom is -0.484 e. The van der Waals surface area contributed by atoms with E-state index in [1.54, 1.807) is 0 Å². The summed E-state index contributed by atoms with van der Waals surface area (Å²) in [5.74, 6) is 0.207. The minimum atomic E-state index is -0.467. The van der Waals surface area contributed by atoms with Gasteiger partial charge in [0.05, 0.1) is 13.2 Å². The Kier molecular flexibility index (Phi) is 4.62. The van der Waals surface area contributed by atoms with Gasteiger partial charge in [0.2, 0.25) is 0 Å². The second-order valence-electron chi connectivity index (χ2n) is 5.88. The zero-order chi connectivity index (χ0) is 14.6. The second-order valence-corrected chi connectivity index (χ2v) is 5.88. The highest BCUT2D eigenvalue weighted by Crippen LogP contribution is 2.27. The lowest BCUT2D eigenvalue weighted by Crippen LogP contribution is -2.47. The van der Waals surface area contributed by atoms with Gasteiger partial charge in [-0.15, -0.1) is 0 Å². The molecule has 1 fully saturated rings. The van der Waals surface area contributed by atoms with Crippen LogP contribution in [0, 0.1) is 5.41 Å². The average molecular weight is 278 g/mol. The molecular weight excluding hydrogens is 256 g/mol. The SMILES string of the molecule is CN(Cc1cccc(OCC(N)=O)c1)CC1(C)COC1. The minimum absolute atomic E-state index is 0.0886. The van der Waals surface area contributed by atoms with Gasteiger partial charge >= 0.3 is 0 Å². The van der Waals surface area contributed by atoms with Crippen LogP contribution in [-0.2, 0) is 16.1 Å². The lowest BCUT2D eigenvalue weighted by molar-refractivity contribution is -0.119. The first-order chi connectivity index (χ1) is 9.47. The molecule has 2 rings (SSSR count). The van der Waals surface area contributed by atoms with Crippen LogP contribution in [0.1, 0.15) is 12.5 Å². The number of carbonyl (C=O) groups excluding carboxylic acids is 1. The van der Waals surface area contributed by atoms with Crippen LogP contribution in [0.3, 0.4) is 0 Å². The topological polar surface area (TPSA) is 64.8 Å². The van der Waals surface area contributed by atoms with Crippen molar-refractivity contribution in [3.05, 3.63) is 29.8 Å². The number of hydrogen-bond acceptors (Lipinski definition) is 4. The molecule has 1 aromatic carbocycles. The molecule has 20 heavy (non-hydrogen) atoms. The molecule has 0 spiro atoms. The molecule has 0 aromatic heterocycles. The van der Waals surface area contributed by atoms with Crippen LogP contribution in [0.5, 0.6) is 5.75 Å². The van der Waals surface area contributed by atoms with Crippen molar-refractivity contribution in [1.29, 1.82) is 0 Å². The number of amides is 1. The molecule has 0 radical (unpaired) electrons. The summed E-state index contributed by atoms with van der Waals surface area (Å²) < 4.78 is 10.6. The van der Waals surface area contributed by atoms with Gasteiger partial charge in [0.1, 0.15) is 5.75 Å². The first-order valence-electron chi connectivity index (χ1n) is 6.73. The summed E-state index contributed by atoms with van der Waals surface area (Å²) in [6.45, 7) is 5.65. The molecule has 5 nitrogen and oxygen atoms in total. The number of primary amides is 1. The monoisotopic (exact) mass is 278 g/mol. The van der Waals surface area contributed by atoms with Crippen molar-refractivity contribution >= 4 is 5.91 Å². The summed E-state index contributed by atoms with van der Waals surface area (Å²) in [5, 5.41) is 0. The standard InChI is InChI=1S/C15H22N2O3/c1-15(10-19-11-15)9-17(2)7-12-4-3-5-13(6-12)20-8-14(16)18/h3-6H,7-11H2,1-2H3,(H2,16,18). The number of nitrogens with zero attached hydrogens (tertiary/aromatic N) is 1. The van der Waals surface area contributed by atoms with E-state index >= 15 is 0 Å². The molecule has 1 aliphatic rings. The van der Waals surface area contributed by atoms with E-state index in [9.17, 15) is 4.79 Å². The summed E-state index contributed by atoms with van der Waals surface area (Å²) in [4.78, 5) is 13.0. The van der Waals surface area contributed by atoms with Crippen molar-refractivity contribution in [1.82, 2.24) is 4.90 Å². The van der Waals surface area contributed by atoms with Crippen LogP contribution < -0.4 is 10.5 Å². The van der Waals surface area contributed by atoms with Gasteiger partial charge in [-0.25, -0.2) is 0 Å². The van der Waals surface area contributed by atoms with E-state index in [-0.39, 0.29) is 12.0 Å². The molecular formula is C15H22N2O3. The smallest absolute Gasteiger partial charge is 0.255 e. The first-order valence-corrected chi connectivity index (χ1v) is 6.73. The number of benzene rings is 1. The molecule has 0 saturated carbocycles. The first kappa shape index (κ1) is 14.8. The average Bonchev–Trinajstić information content (AvgIpc) is 2.35. The van der Waals surface area contributed by atoms with E-state index in [0.717, 1.165) is 31.9 Å². The molecule has 0 atom stereocenters. The van der Waals surface area contributed by atoms with Gasteiger partial charge in [0, 0.05) is 18.5 Å². The summed E-state index contributed by atoms with van der Waals surface area (Å²) in [5.41, 5.74) is 6.49. The van der Waals surface area contributed by atoms with Crippen molar-refractivity contribution in [2.75, 3.05) is 33.4 Å². The normalized spacial score (nSPS) is 16.8. The lowest BCUT2D eigenvalue weighted by Gasteiger charge is -2.40. The molecule has 2 N–H and O–H groups in total.